The first-order chi connectivity index (χ1) is 9.35. The summed E-state index contributed by atoms with van der Waals surface area (Å²) in [4.78, 5) is 26.0. The van der Waals surface area contributed by atoms with E-state index in [-0.39, 0.29) is 0 Å². The third kappa shape index (κ3) is 4.88. The summed E-state index contributed by atoms with van der Waals surface area (Å²) in [7, 11) is 0. The minimum atomic E-state index is -1.45. The quantitative estimate of drug-likeness (QED) is 0.752. The maximum Gasteiger partial charge on any atom is 0.412 e. The highest BCUT2D eigenvalue weighted by Gasteiger charge is 2.48. The molecule has 1 amide bonds. The summed E-state index contributed by atoms with van der Waals surface area (Å²) in [6.45, 7) is 11.0. The maximum atomic E-state index is 12.4. The number of rotatable bonds is 1. The molecule has 1 fully saturated rings. The van der Waals surface area contributed by atoms with E-state index in [1.807, 2.05) is 0 Å². The molecule has 0 spiro atoms. The smallest absolute Gasteiger partial charge is 0.412 e. The zero-order chi connectivity index (χ0) is 16.5. The second-order valence-corrected chi connectivity index (χ2v) is 7.52. The molecule has 0 radical (unpaired) electrons. The summed E-state index contributed by atoms with van der Waals surface area (Å²) in [5, 5.41) is 0. The molecule has 1 atom stereocenters. The van der Waals surface area contributed by atoms with Crippen molar-refractivity contribution >= 4 is 12.1 Å². The van der Waals surface area contributed by atoms with Crippen molar-refractivity contribution in [1.82, 2.24) is 4.90 Å². The zero-order valence-corrected chi connectivity index (χ0v) is 14.0. The van der Waals surface area contributed by atoms with Crippen LogP contribution in [0.4, 0.5) is 4.79 Å². The fourth-order valence-corrected chi connectivity index (χ4v) is 2.15. The number of esters is 1. The number of carbonyl (C=O) groups is 2. The molecule has 122 valence electrons. The van der Waals surface area contributed by atoms with Crippen molar-refractivity contribution < 1.29 is 19.1 Å². The molecule has 1 heterocycles. The normalized spacial score (nSPS) is 23.7. The molecule has 0 saturated carbocycles. The van der Waals surface area contributed by atoms with Crippen LogP contribution in [0.3, 0.4) is 0 Å². The lowest BCUT2D eigenvalue weighted by Crippen LogP contribution is -2.67. The molecule has 0 aromatic heterocycles. The molecule has 1 rings (SSSR count). The molecule has 0 aliphatic carbocycles. The van der Waals surface area contributed by atoms with E-state index in [0.29, 0.717) is 13.0 Å². The standard InChI is InChI=1S/C15H28N2O4/c1-13(2,3)20-11(18)15(16)9-7-8-10-17(15)12(19)21-14(4,5)6/h7-10,16H2,1-6H3. The van der Waals surface area contributed by atoms with Gasteiger partial charge in [-0.05, 0) is 60.8 Å². The van der Waals surface area contributed by atoms with Crippen LogP contribution in [-0.2, 0) is 14.3 Å². The van der Waals surface area contributed by atoms with E-state index in [4.69, 9.17) is 15.2 Å². The van der Waals surface area contributed by atoms with Crippen LogP contribution in [0.25, 0.3) is 0 Å². The van der Waals surface area contributed by atoms with Gasteiger partial charge in [0.25, 0.3) is 0 Å². The predicted octanol–water partition coefficient (Wildman–Crippen LogP) is 2.40. The maximum absolute atomic E-state index is 12.4. The van der Waals surface area contributed by atoms with Gasteiger partial charge in [0, 0.05) is 6.54 Å². The molecule has 1 saturated heterocycles. The Kier molecular flexibility index (Phi) is 4.93. The van der Waals surface area contributed by atoms with Crippen LogP contribution in [0.2, 0.25) is 0 Å². The number of likely N-dealkylation sites (tertiary alicyclic amines) is 1. The first-order valence-electron chi connectivity index (χ1n) is 7.38. The van der Waals surface area contributed by atoms with Crippen LogP contribution < -0.4 is 5.73 Å². The molecule has 1 aliphatic heterocycles. The number of hydrogen-bond donors (Lipinski definition) is 1. The Balaban J connectivity index is 2.94. The van der Waals surface area contributed by atoms with E-state index in [1.165, 1.54) is 4.90 Å². The number of amides is 1. The van der Waals surface area contributed by atoms with Gasteiger partial charge < -0.3 is 9.47 Å². The number of nitrogens with two attached hydrogens (primary N) is 1. The van der Waals surface area contributed by atoms with Crippen molar-refractivity contribution in [2.45, 2.75) is 77.7 Å². The SMILES string of the molecule is CC(C)(C)OC(=O)N1CCCCC1(N)C(=O)OC(C)(C)C. The molecule has 0 aromatic rings. The Morgan fingerprint density at radius 1 is 1.00 bits per heavy atom. The summed E-state index contributed by atoms with van der Waals surface area (Å²) in [5.41, 5.74) is 3.49. The second-order valence-electron chi connectivity index (χ2n) is 7.52. The van der Waals surface area contributed by atoms with Crippen molar-refractivity contribution in [3.05, 3.63) is 0 Å². The molecule has 1 aliphatic rings. The Labute approximate surface area is 126 Å². The number of hydrogen-bond acceptors (Lipinski definition) is 5. The molecular weight excluding hydrogens is 272 g/mol. The van der Waals surface area contributed by atoms with Gasteiger partial charge in [-0.1, -0.05) is 0 Å². The van der Waals surface area contributed by atoms with E-state index in [2.05, 4.69) is 0 Å². The van der Waals surface area contributed by atoms with Crippen LogP contribution in [0.1, 0.15) is 60.8 Å². The Morgan fingerprint density at radius 2 is 1.52 bits per heavy atom. The van der Waals surface area contributed by atoms with E-state index in [9.17, 15) is 9.59 Å². The zero-order valence-electron chi connectivity index (χ0n) is 14.0. The van der Waals surface area contributed by atoms with Crippen molar-refractivity contribution in [3.63, 3.8) is 0 Å². The molecular formula is C15H28N2O4. The van der Waals surface area contributed by atoms with E-state index >= 15 is 0 Å². The monoisotopic (exact) mass is 300 g/mol. The van der Waals surface area contributed by atoms with E-state index < -0.39 is 28.9 Å². The first-order valence-corrected chi connectivity index (χ1v) is 7.38. The molecule has 6 heteroatoms. The minimum absolute atomic E-state index is 0.376. The third-order valence-corrected chi connectivity index (χ3v) is 3.04. The number of piperidine rings is 1. The highest BCUT2D eigenvalue weighted by molar-refractivity contribution is 5.85. The predicted molar refractivity (Wildman–Crippen MR) is 79.6 cm³/mol. The molecule has 2 N–H and O–H groups in total. The van der Waals surface area contributed by atoms with Crippen molar-refractivity contribution in [1.29, 1.82) is 0 Å². The van der Waals surface area contributed by atoms with Gasteiger partial charge in [-0.2, -0.15) is 0 Å². The van der Waals surface area contributed by atoms with Crippen LogP contribution in [0, 0.1) is 0 Å². The summed E-state index contributed by atoms with van der Waals surface area (Å²) in [5.74, 6) is -0.583. The number of ether oxygens (including phenoxy) is 2. The average molecular weight is 300 g/mol. The third-order valence-electron chi connectivity index (χ3n) is 3.04. The highest BCUT2D eigenvalue weighted by Crippen LogP contribution is 2.28. The fraction of sp³-hybridized carbons (Fsp3) is 0.867. The number of carbonyl (C=O) groups excluding carboxylic acids is 2. The highest BCUT2D eigenvalue weighted by atomic mass is 16.6. The molecule has 1 unspecified atom stereocenters. The van der Waals surface area contributed by atoms with Gasteiger partial charge in [-0.25, -0.2) is 9.59 Å². The van der Waals surface area contributed by atoms with Gasteiger partial charge in [0.05, 0.1) is 0 Å². The lowest BCUT2D eigenvalue weighted by molar-refractivity contribution is -0.171. The molecule has 0 bridgehead atoms. The Morgan fingerprint density at radius 3 is 2.00 bits per heavy atom. The van der Waals surface area contributed by atoms with Crippen molar-refractivity contribution in [2.75, 3.05) is 6.54 Å². The lowest BCUT2D eigenvalue weighted by atomic mass is 9.96. The van der Waals surface area contributed by atoms with Gasteiger partial charge in [-0.3, -0.25) is 10.6 Å². The molecule has 21 heavy (non-hydrogen) atoms. The molecule has 0 aromatic carbocycles. The van der Waals surface area contributed by atoms with Crippen LogP contribution in [0.15, 0.2) is 0 Å². The lowest BCUT2D eigenvalue weighted by Gasteiger charge is -2.43. The summed E-state index contributed by atoms with van der Waals surface area (Å²) in [6.07, 6.45) is 1.37. The van der Waals surface area contributed by atoms with Crippen LogP contribution in [-0.4, -0.2) is 40.4 Å². The van der Waals surface area contributed by atoms with Gasteiger partial charge >= 0.3 is 12.1 Å². The summed E-state index contributed by atoms with van der Waals surface area (Å²) in [6, 6.07) is 0. The Bertz CT molecular complexity index is 409. The van der Waals surface area contributed by atoms with Gasteiger partial charge in [-0.15, -0.1) is 0 Å². The average Bonchev–Trinajstić information content (AvgIpc) is 2.24. The van der Waals surface area contributed by atoms with Crippen LogP contribution in [0.5, 0.6) is 0 Å². The second kappa shape index (κ2) is 5.83. The topological polar surface area (TPSA) is 81.9 Å². The van der Waals surface area contributed by atoms with Gasteiger partial charge in [0.2, 0.25) is 0 Å². The van der Waals surface area contributed by atoms with Crippen molar-refractivity contribution in [3.8, 4) is 0 Å². The molecule has 6 nitrogen and oxygen atoms in total. The van der Waals surface area contributed by atoms with Crippen molar-refractivity contribution in [2.24, 2.45) is 5.73 Å². The summed E-state index contributed by atoms with van der Waals surface area (Å²) >= 11 is 0. The number of nitrogens with zero attached hydrogens (tertiary/aromatic N) is 1. The van der Waals surface area contributed by atoms with Gasteiger partial charge in [0.15, 0.2) is 5.66 Å². The Hall–Kier alpha value is -1.30. The van der Waals surface area contributed by atoms with Gasteiger partial charge in [0.1, 0.15) is 11.2 Å². The largest absolute Gasteiger partial charge is 0.457 e. The fourth-order valence-electron chi connectivity index (χ4n) is 2.15. The van der Waals surface area contributed by atoms with Crippen LogP contribution >= 0.6 is 0 Å². The summed E-state index contributed by atoms with van der Waals surface area (Å²) < 4.78 is 10.7. The first kappa shape index (κ1) is 17.8. The van der Waals surface area contributed by atoms with E-state index in [1.54, 1.807) is 41.5 Å². The minimum Gasteiger partial charge on any atom is -0.457 e. The van der Waals surface area contributed by atoms with E-state index in [0.717, 1.165) is 12.8 Å².